The Morgan fingerprint density at radius 2 is 2.04 bits per heavy atom. The number of aryl methyl sites for hydroxylation is 3. The van der Waals surface area contributed by atoms with E-state index in [1.54, 1.807) is 0 Å². The molecule has 8 heteroatoms. The van der Waals surface area contributed by atoms with E-state index in [-0.39, 0.29) is 11.9 Å². The first-order valence-corrected chi connectivity index (χ1v) is 10.6. The van der Waals surface area contributed by atoms with Crippen molar-refractivity contribution in [3.63, 3.8) is 0 Å². The van der Waals surface area contributed by atoms with Crippen molar-refractivity contribution in [3.8, 4) is 0 Å². The molecule has 0 unspecified atom stereocenters. The molecule has 4 heterocycles. The molecule has 0 radical (unpaired) electrons. The Balaban J connectivity index is 1.50. The first-order valence-electron chi connectivity index (χ1n) is 9.57. The Labute approximate surface area is 168 Å². The van der Waals surface area contributed by atoms with E-state index in [4.69, 9.17) is 4.74 Å². The van der Waals surface area contributed by atoms with Gasteiger partial charge in [-0.05, 0) is 52.7 Å². The summed E-state index contributed by atoms with van der Waals surface area (Å²) in [6.07, 6.45) is 2.46. The van der Waals surface area contributed by atoms with Gasteiger partial charge in [0.25, 0.3) is 5.78 Å². The zero-order valence-corrected chi connectivity index (χ0v) is 17.5. The zero-order valence-electron chi connectivity index (χ0n) is 16.7. The molecule has 28 heavy (non-hydrogen) atoms. The van der Waals surface area contributed by atoms with Crippen molar-refractivity contribution in [2.24, 2.45) is 0 Å². The van der Waals surface area contributed by atoms with Gasteiger partial charge in [0, 0.05) is 41.5 Å². The molecule has 0 spiro atoms. The van der Waals surface area contributed by atoms with E-state index in [1.165, 1.54) is 11.8 Å². The number of fused-ring (bicyclic) bond motifs is 1. The van der Waals surface area contributed by atoms with Gasteiger partial charge in [-0.3, -0.25) is 9.20 Å². The average molecular weight is 400 g/mol. The highest BCUT2D eigenvalue weighted by Crippen LogP contribution is 2.24. The molecule has 1 aliphatic rings. The highest BCUT2D eigenvalue weighted by atomic mass is 32.2. The maximum Gasteiger partial charge on any atom is 0.256 e. The first-order chi connectivity index (χ1) is 13.4. The molecule has 0 bridgehead atoms. The molecule has 4 rings (SSSR count). The number of hydrogen-bond donors (Lipinski definition) is 0. The average Bonchev–Trinajstić information content (AvgIpc) is 3.36. The summed E-state index contributed by atoms with van der Waals surface area (Å²) in [5, 5.41) is 9.05. The molecule has 3 aromatic heterocycles. The van der Waals surface area contributed by atoms with Crippen LogP contribution in [0.5, 0.6) is 0 Å². The smallest absolute Gasteiger partial charge is 0.256 e. The molecule has 0 saturated carbocycles. The van der Waals surface area contributed by atoms with Crippen LogP contribution in [0.1, 0.15) is 46.0 Å². The molecule has 3 aromatic rings. The van der Waals surface area contributed by atoms with Crippen LogP contribution in [0.3, 0.4) is 0 Å². The van der Waals surface area contributed by atoms with Gasteiger partial charge in [-0.15, -0.1) is 10.2 Å². The third-order valence-corrected chi connectivity index (χ3v) is 6.21. The Hall–Kier alpha value is -2.19. The van der Waals surface area contributed by atoms with Gasteiger partial charge in [0.1, 0.15) is 0 Å². The monoisotopic (exact) mass is 399 g/mol. The highest BCUT2D eigenvalue weighted by molar-refractivity contribution is 7.99. The van der Waals surface area contributed by atoms with Gasteiger partial charge in [0.05, 0.1) is 11.9 Å². The minimum absolute atomic E-state index is 0.103. The second kappa shape index (κ2) is 7.67. The first kappa shape index (κ1) is 19.1. The minimum atomic E-state index is 0.103. The normalized spacial score (nSPS) is 16.9. The summed E-state index contributed by atoms with van der Waals surface area (Å²) < 4.78 is 9.86. The number of Topliss-reactive ketones (excluding diaryl/α,β-unsaturated/α-hetero) is 1. The minimum Gasteiger partial charge on any atom is -0.376 e. The van der Waals surface area contributed by atoms with Gasteiger partial charge < -0.3 is 9.30 Å². The molecular weight excluding hydrogens is 374 g/mol. The van der Waals surface area contributed by atoms with E-state index >= 15 is 0 Å². The van der Waals surface area contributed by atoms with Crippen LogP contribution in [-0.2, 0) is 11.3 Å². The molecule has 1 atom stereocenters. The number of carbonyl (C=O) groups excluding carboxylic acids is 1. The molecule has 0 aliphatic carbocycles. The summed E-state index contributed by atoms with van der Waals surface area (Å²) >= 11 is 1.40. The van der Waals surface area contributed by atoms with Gasteiger partial charge in [-0.1, -0.05) is 11.8 Å². The van der Waals surface area contributed by atoms with Crippen LogP contribution in [0, 0.1) is 27.7 Å². The molecule has 1 aliphatic heterocycles. The van der Waals surface area contributed by atoms with E-state index in [1.807, 2.05) is 37.3 Å². The molecule has 0 N–H and O–H groups in total. The molecule has 1 saturated heterocycles. The number of thioether (sulfide) groups is 1. The van der Waals surface area contributed by atoms with Crippen LogP contribution in [0.15, 0.2) is 17.3 Å². The number of nitrogens with zero attached hydrogens (tertiary/aromatic N) is 5. The molecule has 0 amide bonds. The topological polar surface area (TPSA) is 74.3 Å². The van der Waals surface area contributed by atoms with E-state index in [2.05, 4.69) is 26.7 Å². The van der Waals surface area contributed by atoms with Crippen molar-refractivity contribution < 1.29 is 9.53 Å². The SMILES string of the molecule is Cc1cc(C)n2c(SCC(=O)c3cc(C)n(C[C@@H]4CCCO4)c3C)nnc2n1. The third kappa shape index (κ3) is 3.58. The fourth-order valence-electron chi connectivity index (χ4n) is 3.86. The van der Waals surface area contributed by atoms with E-state index in [0.29, 0.717) is 16.7 Å². The van der Waals surface area contributed by atoms with Gasteiger partial charge in [-0.2, -0.15) is 0 Å². The second-order valence-electron chi connectivity index (χ2n) is 7.40. The lowest BCUT2D eigenvalue weighted by Gasteiger charge is -2.14. The van der Waals surface area contributed by atoms with Gasteiger partial charge in [-0.25, -0.2) is 4.98 Å². The van der Waals surface area contributed by atoms with Gasteiger partial charge in [0.15, 0.2) is 10.9 Å². The van der Waals surface area contributed by atoms with Crippen LogP contribution < -0.4 is 0 Å². The Kier molecular flexibility index (Phi) is 5.25. The lowest BCUT2D eigenvalue weighted by molar-refractivity contribution is 0.0957. The summed E-state index contributed by atoms with van der Waals surface area (Å²) in [5.41, 5.74) is 4.81. The lowest BCUT2D eigenvalue weighted by atomic mass is 10.2. The maximum atomic E-state index is 12.9. The molecule has 1 fully saturated rings. The van der Waals surface area contributed by atoms with E-state index in [9.17, 15) is 4.79 Å². The maximum absolute atomic E-state index is 12.9. The third-order valence-electron chi connectivity index (χ3n) is 5.28. The number of rotatable bonds is 6. The van der Waals surface area contributed by atoms with E-state index < -0.39 is 0 Å². The number of hydrogen-bond acceptors (Lipinski definition) is 6. The predicted octanol–water partition coefficient (Wildman–Crippen LogP) is 3.31. The van der Waals surface area contributed by atoms with Crippen molar-refractivity contribution in [1.29, 1.82) is 0 Å². The molecule has 0 aromatic carbocycles. The van der Waals surface area contributed by atoms with Crippen LogP contribution in [0.4, 0.5) is 0 Å². The van der Waals surface area contributed by atoms with Crippen LogP contribution in [0.25, 0.3) is 5.78 Å². The summed E-state index contributed by atoms with van der Waals surface area (Å²) in [6.45, 7) is 9.65. The fraction of sp³-hybridized carbons (Fsp3) is 0.500. The van der Waals surface area contributed by atoms with E-state index in [0.717, 1.165) is 54.3 Å². The highest BCUT2D eigenvalue weighted by Gasteiger charge is 2.21. The summed E-state index contributed by atoms with van der Waals surface area (Å²) in [5.74, 6) is 0.992. The quantitative estimate of drug-likeness (QED) is 0.468. The second-order valence-corrected chi connectivity index (χ2v) is 8.34. The number of ether oxygens (including phenoxy) is 1. The standard InChI is InChI=1S/C20H25N5O2S/c1-12-8-14(3)25-19(21-12)22-23-20(25)28-11-18(26)17-9-13(2)24(15(17)4)10-16-6-5-7-27-16/h8-9,16H,5-7,10-11H2,1-4H3/t16-/m0/s1. The van der Waals surface area contributed by atoms with Crippen molar-refractivity contribution in [2.45, 2.75) is 58.3 Å². The predicted molar refractivity (Wildman–Crippen MR) is 108 cm³/mol. The number of ketones is 1. The molecule has 7 nitrogen and oxygen atoms in total. The zero-order chi connectivity index (χ0) is 19.8. The van der Waals surface area contributed by atoms with Crippen LogP contribution in [-0.4, -0.2) is 48.4 Å². The van der Waals surface area contributed by atoms with Crippen molar-refractivity contribution in [1.82, 2.24) is 24.1 Å². The molecular formula is C20H25N5O2S. The largest absolute Gasteiger partial charge is 0.376 e. The van der Waals surface area contributed by atoms with Gasteiger partial charge >= 0.3 is 0 Å². The van der Waals surface area contributed by atoms with Crippen molar-refractivity contribution >= 4 is 23.3 Å². The number of carbonyl (C=O) groups is 1. The summed E-state index contributed by atoms with van der Waals surface area (Å²) in [6, 6.07) is 3.98. The fourth-order valence-corrected chi connectivity index (χ4v) is 4.73. The number of aromatic nitrogens is 5. The summed E-state index contributed by atoms with van der Waals surface area (Å²) in [4.78, 5) is 17.3. The van der Waals surface area contributed by atoms with Crippen LogP contribution >= 0.6 is 11.8 Å². The Morgan fingerprint density at radius 3 is 2.79 bits per heavy atom. The Morgan fingerprint density at radius 1 is 1.21 bits per heavy atom. The lowest BCUT2D eigenvalue weighted by Crippen LogP contribution is -2.17. The van der Waals surface area contributed by atoms with Gasteiger partial charge in [0.2, 0.25) is 0 Å². The Bertz CT molecular complexity index is 1030. The van der Waals surface area contributed by atoms with Crippen LogP contribution in [0.2, 0.25) is 0 Å². The summed E-state index contributed by atoms with van der Waals surface area (Å²) in [7, 11) is 0. The molecule has 148 valence electrons. The van der Waals surface area contributed by atoms with Crippen molar-refractivity contribution in [3.05, 3.63) is 40.5 Å². The van der Waals surface area contributed by atoms with Crippen molar-refractivity contribution in [2.75, 3.05) is 12.4 Å².